The number of methoxy groups -OCH3 is 1. The molecule has 31 heavy (non-hydrogen) atoms. The van der Waals surface area contributed by atoms with E-state index in [4.69, 9.17) is 19.6 Å². The van der Waals surface area contributed by atoms with Crippen molar-refractivity contribution in [1.82, 2.24) is 9.88 Å². The van der Waals surface area contributed by atoms with Crippen LogP contribution in [-0.2, 0) is 19.4 Å². The smallest absolute Gasteiger partial charge is 0.254 e. The second-order valence-corrected chi connectivity index (χ2v) is 7.47. The summed E-state index contributed by atoms with van der Waals surface area (Å²) in [6.45, 7) is 2.03. The molecule has 2 N–H and O–H groups in total. The number of rotatable bonds is 8. The van der Waals surface area contributed by atoms with E-state index in [2.05, 4.69) is 17.1 Å². The number of aromatic nitrogens is 1. The van der Waals surface area contributed by atoms with Crippen LogP contribution in [0.1, 0.15) is 39.7 Å². The van der Waals surface area contributed by atoms with Gasteiger partial charge in [-0.2, -0.15) is 0 Å². The summed E-state index contributed by atoms with van der Waals surface area (Å²) >= 11 is 0. The molecule has 3 aromatic rings. The lowest BCUT2D eigenvalue weighted by Crippen LogP contribution is -2.35. The van der Waals surface area contributed by atoms with Crippen molar-refractivity contribution in [2.24, 2.45) is 5.73 Å². The Morgan fingerprint density at radius 1 is 1.19 bits per heavy atom. The fourth-order valence-electron chi connectivity index (χ4n) is 3.64. The largest absolute Gasteiger partial charge is 0.493 e. The van der Waals surface area contributed by atoms with Gasteiger partial charge >= 0.3 is 0 Å². The Labute approximate surface area is 181 Å². The molecule has 2 aromatic carbocycles. The summed E-state index contributed by atoms with van der Waals surface area (Å²) in [5.41, 5.74) is 8.07. The molecule has 1 aliphatic heterocycles. The summed E-state index contributed by atoms with van der Waals surface area (Å²) in [6, 6.07) is 15.3. The van der Waals surface area contributed by atoms with E-state index in [1.807, 2.05) is 18.2 Å². The topological polar surface area (TPSA) is 90.8 Å². The molecular weight excluding hydrogens is 394 g/mol. The van der Waals surface area contributed by atoms with E-state index in [0.29, 0.717) is 62.0 Å². The summed E-state index contributed by atoms with van der Waals surface area (Å²) in [5.74, 6) is 2.63. The molecule has 0 spiro atoms. The van der Waals surface area contributed by atoms with Gasteiger partial charge in [0.05, 0.1) is 20.3 Å². The lowest BCUT2D eigenvalue weighted by Gasteiger charge is -2.25. The molecule has 7 heteroatoms. The molecule has 0 fully saturated rings. The maximum absolute atomic E-state index is 13.1. The SMILES string of the molecule is COc1ccc(C(=O)N2CCc3oc(Cc4ccccc4)nc3C2)cc1OCCCN. The quantitative estimate of drug-likeness (QED) is 0.562. The predicted octanol–water partition coefficient (Wildman–Crippen LogP) is 3.20. The molecular formula is C24H27N3O4. The summed E-state index contributed by atoms with van der Waals surface area (Å²) < 4.78 is 17.1. The van der Waals surface area contributed by atoms with Gasteiger partial charge < -0.3 is 24.5 Å². The standard InChI is InChI=1S/C24H27N3O4/c1-29-21-9-8-18(15-22(21)30-13-5-11-25)24(28)27-12-10-20-19(16-27)26-23(31-20)14-17-6-3-2-4-7-17/h2-4,6-9,15H,5,10-14,16,25H2,1H3. The Hall–Kier alpha value is -3.32. The lowest BCUT2D eigenvalue weighted by molar-refractivity contribution is 0.0727. The average Bonchev–Trinajstić information content (AvgIpc) is 3.20. The molecule has 4 rings (SSSR count). The van der Waals surface area contributed by atoms with Crippen LogP contribution < -0.4 is 15.2 Å². The maximum Gasteiger partial charge on any atom is 0.254 e. The normalized spacial score (nSPS) is 13.0. The van der Waals surface area contributed by atoms with Crippen molar-refractivity contribution >= 4 is 5.91 Å². The van der Waals surface area contributed by atoms with Crippen LogP contribution in [0.15, 0.2) is 52.9 Å². The Morgan fingerprint density at radius 3 is 2.81 bits per heavy atom. The van der Waals surface area contributed by atoms with E-state index >= 15 is 0 Å². The van der Waals surface area contributed by atoms with Crippen molar-refractivity contribution in [2.75, 3.05) is 26.8 Å². The van der Waals surface area contributed by atoms with Crippen molar-refractivity contribution < 1.29 is 18.7 Å². The van der Waals surface area contributed by atoms with Gasteiger partial charge in [-0.15, -0.1) is 0 Å². The second-order valence-electron chi connectivity index (χ2n) is 7.47. The highest BCUT2D eigenvalue weighted by Crippen LogP contribution is 2.30. The molecule has 0 bridgehead atoms. The molecule has 0 unspecified atom stereocenters. The van der Waals surface area contributed by atoms with Crippen LogP contribution in [0.4, 0.5) is 0 Å². The number of hydrogen-bond donors (Lipinski definition) is 1. The molecule has 162 valence electrons. The van der Waals surface area contributed by atoms with Gasteiger partial charge in [-0.1, -0.05) is 30.3 Å². The van der Waals surface area contributed by atoms with Crippen LogP contribution in [0.5, 0.6) is 11.5 Å². The van der Waals surface area contributed by atoms with Crippen LogP contribution in [0, 0.1) is 0 Å². The first kappa shape index (κ1) is 20.9. The number of ether oxygens (including phenoxy) is 2. The maximum atomic E-state index is 13.1. The van der Waals surface area contributed by atoms with Crippen LogP contribution in [-0.4, -0.2) is 42.6 Å². The number of oxazole rings is 1. The van der Waals surface area contributed by atoms with Crippen molar-refractivity contribution in [3.8, 4) is 11.5 Å². The Kier molecular flexibility index (Phi) is 6.52. The van der Waals surface area contributed by atoms with E-state index in [1.165, 1.54) is 0 Å². The number of hydrogen-bond acceptors (Lipinski definition) is 6. The second kappa shape index (κ2) is 9.66. The number of nitrogens with two attached hydrogens (primary N) is 1. The van der Waals surface area contributed by atoms with Crippen LogP contribution in [0.3, 0.4) is 0 Å². The predicted molar refractivity (Wildman–Crippen MR) is 116 cm³/mol. The van der Waals surface area contributed by atoms with Crippen LogP contribution in [0.25, 0.3) is 0 Å². The fraction of sp³-hybridized carbons (Fsp3) is 0.333. The van der Waals surface area contributed by atoms with Gasteiger partial charge in [0.15, 0.2) is 17.4 Å². The Morgan fingerprint density at radius 2 is 2.03 bits per heavy atom. The van der Waals surface area contributed by atoms with Crippen molar-refractivity contribution in [2.45, 2.75) is 25.8 Å². The highest BCUT2D eigenvalue weighted by atomic mass is 16.5. The zero-order valence-electron chi connectivity index (χ0n) is 17.7. The third-order valence-corrected chi connectivity index (χ3v) is 5.27. The van der Waals surface area contributed by atoms with E-state index in [9.17, 15) is 4.79 Å². The minimum atomic E-state index is -0.0652. The highest BCUT2D eigenvalue weighted by Gasteiger charge is 2.26. The summed E-state index contributed by atoms with van der Waals surface area (Å²) in [4.78, 5) is 19.6. The molecule has 7 nitrogen and oxygen atoms in total. The number of benzene rings is 2. The monoisotopic (exact) mass is 421 g/mol. The first-order chi connectivity index (χ1) is 15.2. The summed E-state index contributed by atoms with van der Waals surface area (Å²) in [6.07, 6.45) is 2.02. The molecule has 1 amide bonds. The number of nitrogens with zero attached hydrogens (tertiary/aromatic N) is 2. The van der Waals surface area contributed by atoms with Crippen molar-refractivity contribution in [3.63, 3.8) is 0 Å². The first-order valence-corrected chi connectivity index (χ1v) is 10.5. The van der Waals surface area contributed by atoms with E-state index in [1.54, 1.807) is 30.2 Å². The molecule has 0 saturated carbocycles. The van der Waals surface area contributed by atoms with E-state index in [-0.39, 0.29) is 5.91 Å². The molecule has 1 aromatic heterocycles. The van der Waals surface area contributed by atoms with Crippen molar-refractivity contribution in [3.05, 3.63) is 77.0 Å². The number of carbonyl (C=O) groups excluding carboxylic acids is 1. The van der Waals surface area contributed by atoms with Gasteiger partial charge in [-0.25, -0.2) is 4.98 Å². The van der Waals surface area contributed by atoms with Gasteiger partial charge in [0, 0.05) is 24.9 Å². The number of fused-ring (bicyclic) bond motifs is 1. The van der Waals surface area contributed by atoms with Gasteiger partial charge in [0.2, 0.25) is 0 Å². The van der Waals surface area contributed by atoms with Gasteiger partial charge in [-0.05, 0) is 36.7 Å². The third kappa shape index (κ3) is 4.88. The minimum Gasteiger partial charge on any atom is -0.493 e. The van der Waals surface area contributed by atoms with E-state index < -0.39 is 0 Å². The molecule has 0 saturated heterocycles. The van der Waals surface area contributed by atoms with E-state index in [0.717, 1.165) is 23.4 Å². The average molecular weight is 421 g/mol. The van der Waals surface area contributed by atoms with Gasteiger partial charge in [-0.3, -0.25) is 4.79 Å². The lowest BCUT2D eigenvalue weighted by atomic mass is 10.1. The summed E-state index contributed by atoms with van der Waals surface area (Å²) in [7, 11) is 1.58. The molecule has 0 aliphatic carbocycles. The first-order valence-electron chi connectivity index (χ1n) is 10.5. The highest BCUT2D eigenvalue weighted by molar-refractivity contribution is 5.95. The van der Waals surface area contributed by atoms with Gasteiger partial charge in [0.1, 0.15) is 11.5 Å². The van der Waals surface area contributed by atoms with Crippen molar-refractivity contribution in [1.29, 1.82) is 0 Å². The minimum absolute atomic E-state index is 0.0652. The molecule has 0 atom stereocenters. The number of carbonyl (C=O) groups is 1. The van der Waals surface area contributed by atoms with Crippen LogP contribution >= 0.6 is 0 Å². The van der Waals surface area contributed by atoms with Crippen LogP contribution in [0.2, 0.25) is 0 Å². The molecule has 2 heterocycles. The zero-order chi connectivity index (χ0) is 21.6. The zero-order valence-corrected chi connectivity index (χ0v) is 17.7. The summed E-state index contributed by atoms with van der Waals surface area (Å²) in [5, 5.41) is 0. The number of amides is 1. The molecule has 0 radical (unpaired) electrons. The van der Waals surface area contributed by atoms with Gasteiger partial charge in [0.25, 0.3) is 5.91 Å². The Balaban J connectivity index is 1.46. The molecule has 1 aliphatic rings. The third-order valence-electron chi connectivity index (χ3n) is 5.27. The fourth-order valence-corrected chi connectivity index (χ4v) is 3.64. The Bertz CT molecular complexity index is 1030.